The molecule has 1 fully saturated rings. The van der Waals surface area contributed by atoms with Gasteiger partial charge < -0.3 is 9.47 Å². The van der Waals surface area contributed by atoms with Crippen LogP contribution in [0.2, 0.25) is 0 Å². The van der Waals surface area contributed by atoms with Crippen molar-refractivity contribution in [2.24, 2.45) is 0 Å². The van der Waals surface area contributed by atoms with Gasteiger partial charge in [-0.1, -0.05) is 0 Å². The molecule has 0 spiro atoms. The van der Waals surface area contributed by atoms with Crippen LogP contribution in [0.3, 0.4) is 0 Å². The van der Waals surface area contributed by atoms with Gasteiger partial charge in [0.25, 0.3) is 5.91 Å². The minimum atomic E-state index is 0.106. The van der Waals surface area contributed by atoms with Crippen LogP contribution in [-0.4, -0.2) is 42.7 Å². The van der Waals surface area contributed by atoms with Gasteiger partial charge >= 0.3 is 0 Å². The second kappa shape index (κ2) is 6.93. The standard InChI is InChI=1S/C19H21N5O/c25-19(16-5-7-17(8-6-16)22-13-10-20-15-22)24-12-2-1-4-18(24)14-23-11-3-9-21-23/h3,5-11,13,15,18H,1-2,4,12,14H2/t18-/m1/s1. The molecule has 25 heavy (non-hydrogen) atoms. The molecule has 3 aromatic rings. The Morgan fingerprint density at radius 1 is 1.12 bits per heavy atom. The maximum atomic E-state index is 13.0. The molecule has 6 nitrogen and oxygen atoms in total. The molecule has 1 amide bonds. The number of piperidine rings is 1. The lowest BCUT2D eigenvalue weighted by atomic mass is 10.0. The number of nitrogens with zero attached hydrogens (tertiary/aromatic N) is 5. The van der Waals surface area contributed by atoms with E-state index in [9.17, 15) is 4.79 Å². The lowest BCUT2D eigenvalue weighted by molar-refractivity contribution is 0.0584. The van der Waals surface area contributed by atoms with Crippen LogP contribution >= 0.6 is 0 Å². The molecule has 0 radical (unpaired) electrons. The first-order chi connectivity index (χ1) is 12.3. The molecule has 4 rings (SSSR count). The maximum absolute atomic E-state index is 13.0. The Bertz CT molecular complexity index is 808. The van der Waals surface area contributed by atoms with E-state index in [1.54, 1.807) is 18.7 Å². The Morgan fingerprint density at radius 3 is 2.72 bits per heavy atom. The van der Waals surface area contributed by atoms with E-state index >= 15 is 0 Å². The van der Waals surface area contributed by atoms with Crippen LogP contribution in [0.25, 0.3) is 5.69 Å². The number of imidazole rings is 1. The van der Waals surface area contributed by atoms with E-state index in [1.165, 1.54) is 0 Å². The largest absolute Gasteiger partial charge is 0.334 e. The lowest BCUT2D eigenvalue weighted by Gasteiger charge is -2.35. The Labute approximate surface area is 146 Å². The Balaban J connectivity index is 1.51. The van der Waals surface area contributed by atoms with Crippen molar-refractivity contribution in [1.82, 2.24) is 24.2 Å². The molecule has 0 saturated carbocycles. The third-order valence-corrected chi connectivity index (χ3v) is 4.76. The Kier molecular flexibility index (Phi) is 4.33. The van der Waals surface area contributed by atoms with Crippen molar-refractivity contribution in [3.63, 3.8) is 0 Å². The number of benzene rings is 1. The molecule has 1 saturated heterocycles. The summed E-state index contributed by atoms with van der Waals surface area (Å²) in [5.74, 6) is 0.106. The van der Waals surface area contributed by atoms with Crippen molar-refractivity contribution in [2.75, 3.05) is 6.54 Å². The predicted molar refractivity (Wildman–Crippen MR) is 94.5 cm³/mol. The van der Waals surface area contributed by atoms with Gasteiger partial charge in [0, 0.05) is 42.6 Å². The molecule has 0 aliphatic carbocycles. The normalized spacial score (nSPS) is 17.6. The zero-order chi connectivity index (χ0) is 17.1. The van der Waals surface area contributed by atoms with Gasteiger partial charge in [0.1, 0.15) is 0 Å². The van der Waals surface area contributed by atoms with Crippen molar-refractivity contribution in [3.8, 4) is 5.69 Å². The number of carbonyl (C=O) groups excluding carboxylic acids is 1. The SMILES string of the molecule is O=C(c1ccc(-n2ccnc2)cc1)N1CCCC[C@@H]1Cn1cccn1. The summed E-state index contributed by atoms with van der Waals surface area (Å²) in [5.41, 5.74) is 1.73. The summed E-state index contributed by atoms with van der Waals surface area (Å²) in [6, 6.07) is 9.84. The summed E-state index contributed by atoms with van der Waals surface area (Å²) in [5, 5.41) is 4.29. The first-order valence-electron chi connectivity index (χ1n) is 8.68. The predicted octanol–water partition coefficient (Wildman–Crippen LogP) is 2.76. The Morgan fingerprint density at radius 2 is 2.00 bits per heavy atom. The van der Waals surface area contributed by atoms with Crippen molar-refractivity contribution in [2.45, 2.75) is 31.8 Å². The van der Waals surface area contributed by atoms with Crippen LogP contribution in [0.1, 0.15) is 29.6 Å². The highest BCUT2D eigenvalue weighted by Gasteiger charge is 2.27. The highest BCUT2D eigenvalue weighted by molar-refractivity contribution is 5.94. The lowest BCUT2D eigenvalue weighted by Crippen LogP contribution is -2.45. The number of carbonyl (C=O) groups is 1. The molecular weight excluding hydrogens is 314 g/mol. The monoisotopic (exact) mass is 335 g/mol. The minimum Gasteiger partial charge on any atom is -0.334 e. The summed E-state index contributed by atoms with van der Waals surface area (Å²) in [4.78, 5) is 19.1. The first-order valence-corrected chi connectivity index (χ1v) is 8.68. The highest BCUT2D eigenvalue weighted by Crippen LogP contribution is 2.21. The van der Waals surface area contributed by atoms with Crippen LogP contribution in [0.5, 0.6) is 0 Å². The van der Waals surface area contributed by atoms with E-state index < -0.39 is 0 Å². The highest BCUT2D eigenvalue weighted by atomic mass is 16.2. The quantitative estimate of drug-likeness (QED) is 0.737. The van der Waals surface area contributed by atoms with E-state index in [0.29, 0.717) is 0 Å². The van der Waals surface area contributed by atoms with Crippen molar-refractivity contribution in [1.29, 1.82) is 0 Å². The molecule has 0 N–H and O–H groups in total. The van der Waals surface area contributed by atoms with E-state index in [2.05, 4.69) is 10.1 Å². The van der Waals surface area contributed by atoms with Crippen LogP contribution in [-0.2, 0) is 6.54 Å². The first kappa shape index (κ1) is 15.6. The summed E-state index contributed by atoms with van der Waals surface area (Å²) in [6.45, 7) is 1.57. The smallest absolute Gasteiger partial charge is 0.254 e. The number of rotatable bonds is 4. The summed E-state index contributed by atoms with van der Waals surface area (Å²) in [7, 11) is 0. The van der Waals surface area contributed by atoms with Gasteiger partial charge in [-0.2, -0.15) is 5.10 Å². The van der Waals surface area contributed by atoms with Crippen LogP contribution in [0.4, 0.5) is 0 Å². The van der Waals surface area contributed by atoms with E-state index in [4.69, 9.17) is 0 Å². The molecule has 1 aliphatic heterocycles. The molecule has 128 valence electrons. The molecule has 1 atom stereocenters. The number of hydrogen-bond donors (Lipinski definition) is 0. The number of amides is 1. The van der Waals surface area contributed by atoms with Crippen molar-refractivity contribution in [3.05, 3.63) is 67.0 Å². The van der Waals surface area contributed by atoms with Gasteiger partial charge in [0.05, 0.1) is 18.9 Å². The third-order valence-electron chi connectivity index (χ3n) is 4.76. The molecular formula is C19H21N5O. The van der Waals surface area contributed by atoms with Gasteiger partial charge in [-0.15, -0.1) is 0 Å². The maximum Gasteiger partial charge on any atom is 0.254 e. The van der Waals surface area contributed by atoms with Gasteiger partial charge in [0.15, 0.2) is 0 Å². The summed E-state index contributed by atoms with van der Waals surface area (Å²) >= 11 is 0. The molecule has 1 aliphatic rings. The molecule has 3 heterocycles. The van der Waals surface area contributed by atoms with Crippen molar-refractivity contribution < 1.29 is 4.79 Å². The third kappa shape index (κ3) is 3.33. The number of likely N-dealkylation sites (tertiary alicyclic amines) is 1. The van der Waals surface area contributed by atoms with E-state index in [-0.39, 0.29) is 11.9 Å². The zero-order valence-electron chi connectivity index (χ0n) is 14.0. The van der Waals surface area contributed by atoms with Gasteiger partial charge in [-0.05, 0) is 49.6 Å². The second-order valence-electron chi connectivity index (χ2n) is 6.39. The summed E-state index contributed by atoms with van der Waals surface area (Å²) in [6.07, 6.45) is 12.4. The van der Waals surface area contributed by atoms with E-state index in [1.807, 2.05) is 56.9 Å². The van der Waals surface area contributed by atoms with Gasteiger partial charge in [0.2, 0.25) is 0 Å². The fourth-order valence-electron chi connectivity index (χ4n) is 3.44. The number of aromatic nitrogens is 4. The molecule has 6 heteroatoms. The van der Waals surface area contributed by atoms with Gasteiger partial charge in [-0.25, -0.2) is 4.98 Å². The molecule has 2 aromatic heterocycles. The minimum absolute atomic E-state index is 0.106. The van der Waals surface area contributed by atoms with Crippen LogP contribution in [0, 0.1) is 0 Å². The average Bonchev–Trinajstić information content (AvgIpc) is 3.36. The van der Waals surface area contributed by atoms with Crippen LogP contribution < -0.4 is 0 Å². The fraction of sp³-hybridized carbons (Fsp3) is 0.316. The zero-order valence-corrected chi connectivity index (χ0v) is 14.0. The second-order valence-corrected chi connectivity index (χ2v) is 6.39. The number of hydrogen-bond acceptors (Lipinski definition) is 3. The van der Waals surface area contributed by atoms with E-state index in [0.717, 1.165) is 43.6 Å². The fourth-order valence-corrected chi connectivity index (χ4v) is 3.44. The van der Waals surface area contributed by atoms with Gasteiger partial charge in [-0.3, -0.25) is 9.48 Å². The van der Waals surface area contributed by atoms with Crippen LogP contribution in [0.15, 0.2) is 61.4 Å². The summed E-state index contributed by atoms with van der Waals surface area (Å²) < 4.78 is 3.84. The molecule has 1 aromatic carbocycles. The topological polar surface area (TPSA) is 56.0 Å². The molecule has 0 unspecified atom stereocenters. The molecule has 0 bridgehead atoms. The average molecular weight is 335 g/mol. The Hall–Kier alpha value is -2.89. The van der Waals surface area contributed by atoms with Crippen molar-refractivity contribution >= 4 is 5.91 Å².